The minimum atomic E-state index is -0.114. The summed E-state index contributed by atoms with van der Waals surface area (Å²) in [5.41, 5.74) is 2.34. The van der Waals surface area contributed by atoms with E-state index in [1.165, 1.54) is 0 Å². The minimum Gasteiger partial charge on any atom is -0.325 e. The molecule has 0 saturated carbocycles. The van der Waals surface area contributed by atoms with Crippen LogP contribution < -0.4 is 10.6 Å². The van der Waals surface area contributed by atoms with E-state index in [2.05, 4.69) is 26.6 Å². The molecule has 2 N–H and O–H groups in total. The van der Waals surface area contributed by atoms with E-state index in [4.69, 9.17) is 0 Å². The zero-order chi connectivity index (χ0) is 18.4. The summed E-state index contributed by atoms with van der Waals surface area (Å²) in [6.45, 7) is 1.57. The first-order valence-corrected chi connectivity index (χ1v) is 9.61. The fourth-order valence-corrected chi connectivity index (χ4v) is 3.46. The number of nitrogens with zero attached hydrogens (tertiary/aromatic N) is 1. The molecule has 0 unspecified atom stereocenters. The van der Waals surface area contributed by atoms with Gasteiger partial charge in [-0.1, -0.05) is 46.3 Å². The van der Waals surface area contributed by atoms with Gasteiger partial charge in [0.1, 0.15) is 0 Å². The molecule has 2 aromatic rings. The first kappa shape index (κ1) is 18.5. The third-order valence-corrected chi connectivity index (χ3v) is 5.19. The van der Waals surface area contributed by atoms with E-state index in [-0.39, 0.29) is 11.9 Å². The van der Waals surface area contributed by atoms with Crippen LogP contribution in [-0.2, 0) is 11.2 Å². The van der Waals surface area contributed by atoms with Gasteiger partial charge in [0.05, 0.1) is 11.4 Å². The van der Waals surface area contributed by atoms with Gasteiger partial charge < -0.3 is 15.5 Å². The number of rotatable bonds is 5. The van der Waals surface area contributed by atoms with Crippen molar-refractivity contribution in [3.05, 3.63) is 58.6 Å². The lowest BCUT2D eigenvalue weighted by Crippen LogP contribution is -2.32. The SMILES string of the molecule is O=C(CCc1ccccc1Br)Nc1ccccc1NC(=O)N1CCCC1. The second-order valence-corrected chi connectivity index (χ2v) is 7.16. The highest BCUT2D eigenvalue weighted by atomic mass is 79.9. The second kappa shape index (κ2) is 8.85. The first-order chi connectivity index (χ1) is 12.6. The Morgan fingerprint density at radius 2 is 1.54 bits per heavy atom. The van der Waals surface area contributed by atoms with Gasteiger partial charge >= 0.3 is 6.03 Å². The molecule has 1 aliphatic heterocycles. The molecule has 136 valence electrons. The smallest absolute Gasteiger partial charge is 0.321 e. The van der Waals surface area contributed by atoms with E-state index >= 15 is 0 Å². The maximum atomic E-state index is 12.3. The number of halogens is 1. The molecule has 5 nitrogen and oxygen atoms in total. The topological polar surface area (TPSA) is 61.4 Å². The van der Waals surface area contributed by atoms with Crippen LogP contribution in [0.1, 0.15) is 24.8 Å². The molecule has 2 aromatic carbocycles. The Balaban J connectivity index is 1.59. The van der Waals surface area contributed by atoms with E-state index in [0.717, 1.165) is 36.0 Å². The molecule has 3 rings (SSSR count). The monoisotopic (exact) mass is 415 g/mol. The Labute approximate surface area is 161 Å². The molecular weight excluding hydrogens is 394 g/mol. The second-order valence-electron chi connectivity index (χ2n) is 6.31. The van der Waals surface area contributed by atoms with Crippen LogP contribution in [0, 0.1) is 0 Å². The zero-order valence-corrected chi connectivity index (χ0v) is 16.1. The predicted octanol–water partition coefficient (Wildman–Crippen LogP) is 4.65. The summed E-state index contributed by atoms with van der Waals surface area (Å²) < 4.78 is 1.01. The number of amides is 3. The lowest BCUT2D eigenvalue weighted by Gasteiger charge is -2.18. The van der Waals surface area contributed by atoms with Crippen molar-refractivity contribution in [2.24, 2.45) is 0 Å². The third kappa shape index (κ3) is 4.85. The van der Waals surface area contributed by atoms with Crippen LogP contribution in [0.3, 0.4) is 0 Å². The Hall–Kier alpha value is -2.34. The summed E-state index contributed by atoms with van der Waals surface area (Å²) in [6, 6.07) is 15.1. The molecule has 1 heterocycles. The van der Waals surface area contributed by atoms with Crippen LogP contribution in [0.2, 0.25) is 0 Å². The number of benzene rings is 2. The Kier molecular flexibility index (Phi) is 6.28. The van der Waals surface area contributed by atoms with Crippen LogP contribution in [0.25, 0.3) is 0 Å². The van der Waals surface area contributed by atoms with Crippen molar-refractivity contribution in [3.63, 3.8) is 0 Å². The standard InChI is InChI=1S/C20H22BrN3O2/c21-16-8-2-1-7-15(16)11-12-19(25)22-17-9-3-4-10-18(17)23-20(26)24-13-5-6-14-24/h1-4,7-10H,5-6,11-14H2,(H,22,25)(H,23,26). The minimum absolute atomic E-state index is 0.0800. The molecule has 1 fully saturated rings. The van der Waals surface area contributed by atoms with E-state index in [0.29, 0.717) is 24.2 Å². The van der Waals surface area contributed by atoms with Gasteiger partial charge in [0.2, 0.25) is 5.91 Å². The Morgan fingerprint density at radius 3 is 2.23 bits per heavy atom. The number of anilines is 2. The first-order valence-electron chi connectivity index (χ1n) is 8.82. The average Bonchev–Trinajstić information content (AvgIpc) is 3.17. The van der Waals surface area contributed by atoms with Crippen LogP contribution in [0.5, 0.6) is 0 Å². The number of hydrogen-bond acceptors (Lipinski definition) is 2. The molecule has 0 bridgehead atoms. The highest BCUT2D eigenvalue weighted by Crippen LogP contribution is 2.23. The Bertz CT molecular complexity index is 788. The molecule has 0 atom stereocenters. The number of para-hydroxylation sites is 2. The molecule has 0 radical (unpaired) electrons. The zero-order valence-electron chi connectivity index (χ0n) is 14.5. The maximum absolute atomic E-state index is 12.3. The van der Waals surface area contributed by atoms with Crippen molar-refractivity contribution in [2.45, 2.75) is 25.7 Å². The van der Waals surface area contributed by atoms with E-state index in [1.807, 2.05) is 36.4 Å². The van der Waals surface area contributed by atoms with Crippen molar-refractivity contribution in [1.29, 1.82) is 0 Å². The van der Waals surface area contributed by atoms with Crippen molar-refractivity contribution in [3.8, 4) is 0 Å². The van der Waals surface area contributed by atoms with Crippen LogP contribution in [0.4, 0.5) is 16.2 Å². The molecule has 6 heteroatoms. The summed E-state index contributed by atoms with van der Waals surface area (Å²) in [5, 5.41) is 5.81. The number of hydrogen-bond donors (Lipinski definition) is 2. The average molecular weight is 416 g/mol. The van der Waals surface area contributed by atoms with Crippen molar-refractivity contribution in [1.82, 2.24) is 4.90 Å². The summed E-state index contributed by atoms with van der Waals surface area (Å²) in [6.07, 6.45) is 3.11. The molecule has 3 amide bonds. The van der Waals surface area contributed by atoms with Crippen LogP contribution in [-0.4, -0.2) is 29.9 Å². The number of urea groups is 1. The van der Waals surface area contributed by atoms with Crippen molar-refractivity contribution in [2.75, 3.05) is 23.7 Å². The predicted molar refractivity (Wildman–Crippen MR) is 107 cm³/mol. The fraction of sp³-hybridized carbons (Fsp3) is 0.300. The summed E-state index contributed by atoms with van der Waals surface area (Å²) in [5.74, 6) is -0.0800. The summed E-state index contributed by atoms with van der Waals surface area (Å²) in [4.78, 5) is 26.4. The van der Waals surface area contributed by atoms with Crippen molar-refractivity contribution < 1.29 is 9.59 Å². The Morgan fingerprint density at radius 1 is 0.923 bits per heavy atom. The van der Waals surface area contributed by atoms with Crippen LogP contribution in [0.15, 0.2) is 53.0 Å². The van der Waals surface area contributed by atoms with Gasteiger partial charge in [0.25, 0.3) is 0 Å². The van der Waals surface area contributed by atoms with Crippen LogP contribution >= 0.6 is 15.9 Å². The van der Waals surface area contributed by atoms with Crippen molar-refractivity contribution >= 4 is 39.2 Å². The quantitative estimate of drug-likeness (QED) is 0.746. The van der Waals surface area contributed by atoms with Gasteiger partial charge in [-0.25, -0.2) is 4.79 Å². The molecule has 0 aromatic heterocycles. The number of carbonyl (C=O) groups excluding carboxylic acids is 2. The number of likely N-dealkylation sites (tertiary alicyclic amines) is 1. The van der Waals surface area contributed by atoms with Gasteiger partial charge in [0, 0.05) is 24.0 Å². The molecule has 0 spiro atoms. The fourth-order valence-electron chi connectivity index (χ4n) is 2.98. The van der Waals surface area contributed by atoms with E-state index in [9.17, 15) is 9.59 Å². The lowest BCUT2D eigenvalue weighted by atomic mass is 10.1. The number of aryl methyl sites for hydroxylation is 1. The number of nitrogens with one attached hydrogen (secondary N) is 2. The van der Waals surface area contributed by atoms with E-state index in [1.54, 1.807) is 17.0 Å². The largest absolute Gasteiger partial charge is 0.325 e. The molecule has 1 saturated heterocycles. The molecular formula is C20H22BrN3O2. The summed E-state index contributed by atoms with van der Waals surface area (Å²) >= 11 is 3.50. The lowest BCUT2D eigenvalue weighted by molar-refractivity contribution is -0.116. The maximum Gasteiger partial charge on any atom is 0.321 e. The van der Waals surface area contributed by atoms with E-state index < -0.39 is 0 Å². The molecule has 0 aliphatic carbocycles. The summed E-state index contributed by atoms with van der Waals surface area (Å²) in [7, 11) is 0. The van der Waals surface area contributed by atoms with Gasteiger partial charge in [-0.2, -0.15) is 0 Å². The molecule has 1 aliphatic rings. The normalized spacial score (nSPS) is 13.5. The van der Waals surface area contributed by atoms with Gasteiger partial charge in [-0.05, 0) is 43.0 Å². The highest BCUT2D eigenvalue weighted by Gasteiger charge is 2.19. The highest BCUT2D eigenvalue weighted by molar-refractivity contribution is 9.10. The third-order valence-electron chi connectivity index (χ3n) is 4.42. The van der Waals surface area contributed by atoms with Gasteiger partial charge in [0.15, 0.2) is 0 Å². The van der Waals surface area contributed by atoms with Gasteiger partial charge in [-0.15, -0.1) is 0 Å². The number of carbonyl (C=O) groups is 2. The van der Waals surface area contributed by atoms with Gasteiger partial charge in [-0.3, -0.25) is 4.79 Å². The molecule has 26 heavy (non-hydrogen) atoms.